The molecular formula is C4H12I2N6O3. The van der Waals surface area contributed by atoms with E-state index in [0.29, 0.717) is 13.4 Å². The Morgan fingerprint density at radius 2 is 1.87 bits per heavy atom. The molecular weight excluding hydrogens is 434 g/mol. The quantitative estimate of drug-likeness (QED) is 0.335. The minimum Gasteiger partial charge on any atom is -0.258 e. The molecule has 90 valence electrons. The number of hydrazine groups is 1. The number of rotatable bonds is 0. The highest BCUT2D eigenvalue weighted by molar-refractivity contribution is 14.1. The van der Waals surface area contributed by atoms with Crippen molar-refractivity contribution in [2.24, 2.45) is 0 Å². The van der Waals surface area contributed by atoms with E-state index < -0.39 is 0 Å². The molecule has 0 unspecified atom stereocenters. The van der Waals surface area contributed by atoms with Gasteiger partial charge in [0.05, 0.1) is 13.3 Å². The smallest absolute Gasteiger partial charge is 0.133 e. The lowest BCUT2D eigenvalue weighted by molar-refractivity contribution is -0.328. The van der Waals surface area contributed by atoms with E-state index in [1.165, 1.54) is 0 Å². The Hall–Kier alpha value is 1.10. The highest BCUT2D eigenvalue weighted by Gasteiger charge is 2.10. The van der Waals surface area contributed by atoms with Crippen LogP contribution in [0.1, 0.15) is 0 Å². The molecule has 3 N–H and O–H groups in total. The molecule has 0 amide bonds. The van der Waals surface area contributed by atoms with Crippen molar-refractivity contribution in [1.29, 1.82) is 0 Å². The average molecular weight is 446 g/mol. The molecule has 1 heterocycles. The zero-order valence-corrected chi connectivity index (χ0v) is 12.3. The first-order valence-electron chi connectivity index (χ1n) is 3.90. The van der Waals surface area contributed by atoms with E-state index in [4.69, 9.17) is 9.78 Å². The second kappa shape index (κ2) is 8.23. The summed E-state index contributed by atoms with van der Waals surface area (Å²) in [6.45, 7) is 1.76. The Morgan fingerprint density at radius 3 is 2.67 bits per heavy atom. The van der Waals surface area contributed by atoms with E-state index in [2.05, 4.69) is 67.5 Å². The maximum atomic E-state index is 4.93. The predicted octanol–water partition coefficient (Wildman–Crippen LogP) is -0.583. The predicted molar refractivity (Wildman–Crippen MR) is 66.7 cm³/mol. The van der Waals surface area contributed by atoms with Crippen LogP contribution in [0.25, 0.3) is 0 Å². The van der Waals surface area contributed by atoms with Gasteiger partial charge in [-0.15, -0.1) is 5.59 Å². The van der Waals surface area contributed by atoms with Gasteiger partial charge in [0.25, 0.3) is 0 Å². The summed E-state index contributed by atoms with van der Waals surface area (Å²) >= 11 is 4.35. The molecule has 0 saturated carbocycles. The van der Waals surface area contributed by atoms with E-state index in [1.54, 1.807) is 5.01 Å². The average Bonchev–Trinajstić information content (AvgIpc) is 2.14. The maximum absolute atomic E-state index is 4.93. The van der Waals surface area contributed by atoms with Crippen LogP contribution >= 0.6 is 45.7 Å². The largest absolute Gasteiger partial charge is 0.258 e. The summed E-state index contributed by atoms with van der Waals surface area (Å²) in [4.78, 5) is 14.2. The Balaban J connectivity index is 2.33. The van der Waals surface area contributed by atoms with Crippen LogP contribution in [0.4, 0.5) is 0 Å². The molecule has 1 aliphatic rings. The molecule has 1 rings (SSSR count). The number of hydrogen-bond acceptors (Lipinski definition) is 9. The van der Waals surface area contributed by atoms with Gasteiger partial charge in [-0.3, -0.25) is 4.84 Å². The molecule has 0 aromatic rings. The lowest BCUT2D eigenvalue weighted by Crippen LogP contribution is -2.46. The summed E-state index contributed by atoms with van der Waals surface area (Å²) in [5.74, 6) is 0. The van der Waals surface area contributed by atoms with E-state index in [9.17, 15) is 0 Å². The molecule has 11 heteroatoms. The third kappa shape index (κ3) is 7.10. The van der Waals surface area contributed by atoms with E-state index in [-0.39, 0.29) is 0 Å². The normalized spacial score (nSPS) is 25.8. The van der Waals surface area contributed by atoms with Gasteiger partial charge >= 0.3 is 0 Å². The number of nitrogens with zero attached hydrogens (tertiary/aromatic N) is 3. The summed E-state index contributed by atoms with van der Waals surface area (Å²) in [6.07, 6.45) is 0. The Labute approximate surface area is 115 Å². The van der Waals surface area contributed by atoms with Crippen LogP contribution in [-0.4, -0.2) is 38.4 Å². The minimum atomic E-state index is 0.374. The molecule has 0 atom stereocenters. The lowest BCUT2D eigenvalue weighted by Gasteiger charge is -2.26. The van der Waals surface area contributed by atoms with Gasteiger partial charge in [-0.05, 0) is 5.64 Å². The van der Waals surface area contributed by atoms with Crippen LogP contribution in [0.15, 0.2) is 0 Å². The second-order valence-corrected chi connectivity index (χ2v) is 5.37. The summed E-state index contributed by atoms with van der Waals surface area (Å²) in [5, 5.41) is 1.73. The summed E-state index contributed by atoms with van der Waals surface area (Å²) in [6, 6.07) is 0. The van der Waals surface area contributed by atoms with Crippen molar-refractivity contribution < 1.29 is 14.7 Å². The van der Waals surface area contributed by atoms with Crippen molar-refractivity contribution in [1.82, 2.24) is 28.1 Å². The topological polar surface area (TPSA) is 73.5 Å². The fourth-order valence-corrected chi connectivity index (χ4v) is 2.69. The number of halogens is 2. The van der Waals surface area contributed by atoms with Gasteiger partial charge in [-0.25, -0.2) is 11.2 Å². The SMILES string of the molecule is CN1CN(I)CN(I)CONONON1. The number of hydrogen-bond donors (Lipinski definition) is 3. The second-order valence-electron chi connectivity index (χ2n) is 2.64. The summed E-state index contributed by atoms with van der Waals surface area (Å²) in [7, 11) is 1.83. The van der Waals surface area contributed by atoms with Gasteiger partial charge in [0.15, 0.2) is 0 Å². The molecule has 0 aromatic heterocycles. The van der Waals surface area contributed by atoms with Gasteiger partial charge in [-0.2, -0.15) is 9.88 Å². The first-order chi connectivity index (χ1) is 7.18. The molecule has 1 aliphatic heterocycles. The van der Waals surface area contributed by atoms with E-state index >= 15 is 0 Å². The van der Waals surface area contributed by atoms with Gasteiger partial charge in [0, 0.05) is 52.8 Å². The Kier molecular flexibility index (Phi) is 7.77. The third-order valence-electron chi connectivity index (χ3n) is 1.26. The zero-order valence-electron chi connectivity index (χ0n) is 7.94. The third-order valence-corrected chi connectivity index (χ3v) is 2.46. The Morgan fingerprint density at radius 1 is 1.07 bits per heavy atom. The van der Waals surface area contributed by atoms with Crippen molar-refractivity contribution in [2.75, 3.05) is 27.1 Å². The van der Waals surface area contributed by atoms with Crippen LogP contribution in [0.5, 0.6) is 0 Å². The molecule has 15 heavy (non-hydrogen) atoms. The lowest BCUT2D eigenvalue weighted by atomic mass is 10.9. The van der Waals surface area contributed by atoms with E-state index in [0.717, 1.165) is 6.67 Å². The molecule has 1 fully saturated rings. The zero-order chi connectivity index (χ0) is 11.1. The van der Waals surface area contributed by atoms with Crippen LogP contribution in [0.2, 0.25) is 0 Å². The standard InChI is InChI=1S/C4H12I2N6O3/c1-10-2-11(5)3-12(6)4-13-8-15-9-14-7-10/h7-9H,2-4H2,1H3. The highest BCUT2D eigenvalue weighted by Crippen LogP contribution is 2.06. The van der Waals surface area contributed by atoms with Crippen molar-refractivity contribution in [3.63, 3.8) is 0 Å². The van der Waals surface area contributed by atoms with E-state index in [1.807, 2.05) is 13.3 Å². The van der Waals surface area contributed by atoms with Crippen molar-refractivity contribution in [3.8, 4) is 0 Å². The minimum absolute atomic E-state index is 0.374. The molecule has 9 nitrogen and oxygen atoms in total. The molecule has 0 aliphatic carbocycles. The molecule has 1 saturated heterocycles. The molecule has 0 radical (unpaired) electrons. The van der Waals surface area contributed by atoms with Gasteiger partial charge < -0.3 is 0 Å². The summed E-state index contributed by atoms with van der Waals surface area (Å²) < 4.78 is 3.96. The highest BCUT2D eigenvalue weighted by atomic mass is 127. The summed E-state index contributed by atoms with van der Waals surface area (Å²) in [5.41, 5.74) is 6.91. The first-order valence-corrected chi connectivity index (χ1v) is 5.83. The molecule has 0 spiro atoms. The van der Waals surface area contributed by atoms with Gasteiger partial charge in [0.2, 0.25) is 0 Å². The Bertz CT molecular complexity index is 162. The van der Waals surface area contributed by atoms with Gasteiger partial charge in [-0.1, -0.05) is 5.64 Å². The molecule has 0 aromatic carbocycles. The van der Waals surface area contributed by atoms with Crippen molar-refractivity contribution in [3.05, 3.63) is 0 Å². The van der Waals surface area contributed by atoms with Crippen molar-refractivity contribution >= 4 is 45.7 Å². The fourth-order valence-electron chi connectivity index (χ4n) is 0.771. The van der Waals surface area contributed by atoms with Crippen LogP contribution in [-0.2, 0) is 14.7 Å². The van der Waals surface area contributed by atoms with Crippen molar-refractivity contribution in [2.45, 2.75) is 0 Å². The fraction of sp³-hybridized carbons (Fsp3) is 1.00. The van der Waals surface area contributed by atoms with Crippen LogP contribution in [0, 0.1) is 0 Å². The molecule has 0 bridgehead atoms. The van der Waals surface area contributed by atoms with Crippen LogP contribution in [0.3, 0.4) is 0 Å². The van der Waals surface area contributed by atoms with Gasteiger partial charge in [0.1, 0.15) is 6.73 Å². The number of nitrogens with one attached hydrogen (secondary N) is 3. The first kappa shape index (κ1) is 14.2. The maximum Gasteiger partial charge on any atom is 0.133 e. The monoisotopic (exact) mass is 446 g/mol. The van der Waals surface area contributed by atoms with Crippen LogP contribution < -0.4 is 16.9 Å².